The lowest BCUT2D eigenvalue weighted by molar-refractivity contribution is -0.120. The van der Waals surface area contributed by atoms with Gasteiger partial charge < -0.3 is 24.8 Å². The zero-order valence-corrected chi connectivity index (χ0v) is 16.7. The maximum absolute atomic E-state index is 12.4. The van der Waals surface area contributed by atoms with Crippen molar-refractivity contribution in [3.8, 4) is 17.2 Å². The Balaban J connectivity index is 1.68. The molecule has 150 valence electrons. The van der Waals surface area contributed by atoms with Gasteiger partial charge in [-0.05, 0) is 37.1 Å². The summed E-state index contributed by atoms with van der Waals surface area (Å²) in [7, 11) is 4.75. The Kier molecular flexibility index (Phi) is 6.63. The summed E-state index contributed by atoms with van der Waals surface area (Å²) in [6, 6.07) is 11.4. The number of carbonyl (C=O) groups excluding carboxylic acids is 1. The molecule has 2 aromatic rings. The molecule has 0 unspecified atom stereocenters. The number of rotatable bonds is 7. The lowest BCUT2D eigenvalue weighted by Gasteiger charge is -2.20. The number of hydrogen-bond acceptors (Lipinski definition) is 5. The normalized spacial score (nSPS) is 14.2. The van der Waals surface area contributed by atoms with Crippen molar-refractivity contribution in [3.63, 3.8) is 0 Å². The largest absolute Gasteiger partial charge is 0.493 e. The van der Waals surface area contributed by atoms with E-state index in [0.717, 1.165) is 42.7 Å². The molecule has 1 amide bonds. The molecule has 0 bridgehead atoms. The number of amides is 1. The van der Waals surface area contributed by atoms with Crippen LogP contribution in [0.25, 0.3) is 0 Å². The zero-order valence-electron chi connectivity index (χ0n) is 16.7. The Bertz CT molecular complexity index is 774. The molecule has 6 heteroatoms. The Hall–Kier alpha value is -2.89. The first kappa shape index (κ1) is 19.9. The first-order valence-corrected chi connectivity index (χ1v) is 9.62. The van der Waals surface area contributed by atoms with Crippen molar-refractivity contribution in [2.75, 3.05) is 32.0 Å². The van der Waals surface area contributed by atoms with Gasteiger partial charge in [0.25, 0.3) is 0 Å². The van der Waals surface area contributed by atoms with Crippen molar-refractivity contribution < 1.29 is 19.0 Å². The molecule has 6 nitrogen and oxygen atoms in total. The molecule has 2 aromatic carbocycles. The quantitative estimate of drug-likeness (QED) is 0.705. The Morgan fingerprint density at radius 1 is 0.821 bits per heavy atom. The van der Waals surface area contributed by atoms with Gasteiger partial charge in [-0.15, -0.1) is 0 Å². The van der Waals surface area contributed by atoms with E-state index < -0.39 is 0 Å². The molecule has 0 heterocycles. The van der Waals surface area contributed by atoms with Gasteiger partial charge in [0.2, 0.25) is 11.7 Å². The van der Waals surface area contributed by atoms with Gasteiger partial charge in [-0.1, -0.05) is 19.3 Å². The highest BCUT2D eigenvalue weighted by atomic mass is 16.5. The number of anilines is 3. The summed E-state index contributed by atoms with van der Waals surface area (Å²) in [4.78, 5) is 12.4. The van der Waals surface area contributed by atoms with Gasteiger partial charge in [0.1, 0.15) is 0 Å². The number of hydrogen-bond donors (Lipinski definition) is 2. The van der Waals surface area contributed by atoms with Gasteiger partial charge in [0, 0.05) is 35.1 Å². The monoisotopic (exact) mass is 384 g/mol. The molecule has 0 aliphatic heterocycles. The van der Waals surface area contributed by atoms with E-state index in [-0.39, 0.29) is 11.8 Å². The van der Waals surface area contributed by atoms with Gasteiger partial charge in [0.05, 0.1) is 21.3 Å². The Morgan fingerprint density at radius 3 is 1.93 bits per heavy atom. The lowest BCUT2D eigenvalue weighted by Crippen LogP contribution is -2.24. The maximum atomic E-state index is 12.4. The third-order valence-corrected chi connectivity index (χ3v) is 5.08. The summed E-state index contributed by atoms with van der Waals surface area (Å²) < 4.78 is 16.1. The van der Waals surface area contributed by atoms with Gasteiger partial charge in [0.15, 0.2) is 11.5 Å². The molecule has 1 aliphatic carbocycles. The predicted molar refractivity (Wildman–Crippen MR) is 111 cm³/mol. The summed E-state index contributed by atoms with van der Waals surface area (Å²) >= 11 is 0. The Labute approximate surface area is 166 Å². The van der Waals surface area contributed by atoms with Crippen molar-refractivity contribution in [3.05, 3.63) is 36.4 Å². The topological polar surface area (TPSA) is 68.8 Å². The highest BCUT2D eigenvalue weighted by molar-refractivity contribution is 5.92. The number of ether oxygens (including phenoxy) is 3. The molecule has 1 aliphatic rings. The van der Waals surface area contributed by atoms with Crippen LogP contribution in [0.15, 0.2) is 36.4 Å². The summed E-state index contributed by atoms with van der Waals surface area (Å²) in [5.41, 5.74) is 2.52. The molecule has 0 radical (unpaired) electrons. The van der Waals surface area contributed by atoms with Crippen LogP contribution >= 0.6 is 0 Å². The van der Waals surface area contributed by atoms with Crippen molar-refractivity contribution >= 4 is 23.0 Å². The van der Waals surface area contributed by atoms with Crippen LogP contribution in [0.1, 0.15) is 32.1 Å². The summed E-state index contributed by atoms with van der Waals surface area (Å²) in [6.45, 7) is 0. The van der Waals surface area contributed by atoms with E-state index >= 15 is 0 Å². The first-order valence-electron chi connectivity index (χ1n) is 9.62. The molecule has 0 spiro atoms. The second-order valence-corrected chi connectivity index (χ2v) is 6.94. The fraction of sp³-hybridized carbons (Fsp3) is 0.409. The molecule has 1 fully saturated rings. The number of benzene rings is 2. The van der Waals surface area contributed by atoms with E-state index in [4.69, 9.17) is 14.2 Å². The summed E-state index contributed by atoms with van der Waals surface area (Å²) in [6.07, 6.45) is 5.52. The number of nitrogens with one attached hydrogen (secondary N) is 2. The van der Waals surface area contributed by atoms with Crippen molar-refractivity contribution in [2.24, 2.45) is 5.92 Å². The third-order valence-electron chi connectivity index (χ3n) is 5.08. The van der Waals surface area contributed by atoms with E-state index in [1.807, 2.05) is 36.4 Å². The zero-order chi connectivity index (χ0) is 19.9. The van der Waals surface area contributed by atoms with Crippen LogP contribution in [-0.2, 0) is 4.79 Å². The van der Waals surface area contributed by atoms with Crippen LogP contribution < -0.4 is 24.8 Å². The van der Waals surface area contributed by atoms with Gasteiger partial charge in [-0.3, -0.25) is 4.79 Å². The van der Waals surface area contributed by atoms with E-state index in [1.54, 1.807) is 21.3 Å². The van der Waals surface area contributed by atoms with E-state index in [1.165, 1.54) is 6.42 Å². The smallest absolute Gasteiger partial charge is 0.227 e. The van der Waals surface area contributed by atoms with Gasteiger partial charge in [-0.2, -0.15) is 0 Å². The molecule has 0 saturated heterocycles. The molecular formula is C22H28N2O4. The van der Waals surface area contributed by atoms with Gasteiger partial charge >= 0.3 is 0 Å². The second-order valence-electron chi connectivity index (χ2n) is 6.94. The molecule has 28 heavy (non-hydrogen) atoms. The molecule has 1 saturated carbocycles. The molecule has 2 N–H and O–H groups in total. The third kappa shape index (κ3) is 4.68. The van der Waals surface area contributed by atoms with Crippen molar-refractivity contribution in [2.45, 2.75) is 32.1 Å². The minimum atomic E-state index is 0.130. The Morgan fingerprint density at radius 2 is 1.39 bits per heavy atom. The fourth-order valence-corrected chi connectivity index (χ4v) is 3.57. The predicted octanol–water partition coefficient (Wildman–Crippen LogP) is 4.97. The molecule has 0 aromatic heterocycles. The van der Waals surface area contributed by atoms with Crippen LogP contribution in [0, 0.1) is 5.92 Å². The van der Waals surface area contributed by atoms with Crippen molar-refractivity contribution in [1.82, 2.24) is 0 Å². The second kappa shape index (κ2) is 9.35. The minimum absolute atomic E-state index is 0.130. The van der Waals surface area contributed by atoms with E-state index in [0.29, 0.717) is 17.2 Å². The SMILES string of the molecule is COc1cc(Nc2ccc(NC(=O)C3CCCCC3)cc2)cc(OC)c1OC. The molecule has 0 atom stereocenters. The van der Waals surface area contributed by atoms with Gasteiger partial charge in [-0.25, -0.2) is 0 Å². The van der Waals surface area contributed by atoms with Crippen molar-refractivity contribution in [1.29, 1.82) is 0 Å². The van der Waals surface area contributed by atoms with Crippen LogP contribution in [0.2, 0.25) is 0 Å². The highest BCUT2D eigenvalue weighted by Crippen LogP contribution is 2.40. The highest BCUT2D eigenvalue weighted by Gasteiger charge is 2.21. The minimum Gasteiger partial charge on any atom is -0.493 e. The van der Waals surface area contributed by atoms with Crippen LogP contribution in [0.5, 0.6) is 17.2 Å². The maximum Gasteiger partial charge on any atom is 0.227 e. The first-order chi connectivity index (χ1) is 13.6. The standard InChI is InChI=1S/C22H28N2O4/c1-26-19-13-18(14-20(27-2)21(19)28-3)23-16-9-11-17(12-10-16)24-22(25)15-7-5-4-6-8-15/h9-15,23H,4-8H2,1-3H3,(H,24,25). The number of carbonyl (C=O) groups is 1. The average Bonchev–Trinajstić information content (AvgIpc) is 2.75. The molecular weight excluding hydrogens is 356 g/mol. The van der Waals surface area contributed by atoms with E-state index in [9.17, 15) is 4.79 Å². The molecule has 3 rings (SSSR count). The van der Waals surface area contributed by atoms with E-state index in [2.05, 4.69) is 10.6 Å². The van der Waals surface area contributed by atoms with Crippen LogP contribution in [0.4, 0.5) is 17.1 Å². The summed E-state index contributed by atoms with van der Waals surface area (Å²) in [5.74, 6) is 1.99. The van der Waals surface area contributed by atoms with Crippen LogP contribution in [-0.4, -0.2) is 27.2 Å². The number of methoxy groups -OCH3 is 3. The lowest BCUT2D eigenvalue weighted by atomic mass is 9.88. The summed E-state index contributed by atoms with van der Waals surface area (Å²) in [5, 5.41) is 6.35. The van der Waals surface area contributed by atoms with Crippen LogP contribution in [0.3, 0.4) is 0 Å². The fourth-order valence-electron chi connectivity index (χ4n) is 3.57. The average molecular weight is 384 g/mol.